The second-order valence-corrected chi connectivity index (χ2v) is 9.26. The van der Waals surface area contributed by atoms with Crippen LogP contribution >= 0.6 is 0 Å². The van der Waals surface area contributed by atoms with Crippen LogP contribution in [0, 0.1) is 11.8 Å². The summed E-state index contributed by atoms with van der Waals surface area (Å²) in [5, 5.41) is 10.2. The van der Waals surface area contributed by atoms with E-state index in [0.29, 0.717) is 6.42 Å². The maximum absolute atomic E-state index is 11.6. The number of aliphatic hydroxyl groups excluding tert-OH is 1. The summed E-state index contributed by atoms with van der Waals surface area (Å²) in [6.45, 7) is 5.36. The van der Waals surface area contributed by atoms with Gasteiger partial charge in [-0.3, -0.25) is 4.79 Å². The average Bonchev–Trinajstić information content (AvgIpc) is 3.16. The van der Waals surface area contributed by atoms with E-state index in [-0.39, 0.29) is 55.8 Å². The third kappa shape index (κ3) is 8.80. The highest BCUT2D eigenvalue weighted by molar-refractivity contribution is 5.69. The molecule has 0 bridgehead atoms. The van der Waals surface area contributed by atoms with E-state index in [1.807, 2.05) is 0 Å². The molecule has 0 aromatic rings. The highest BCUT2D eigenvalue weighted by Gasteiger charge is 2.45. The van der Waals surface area contributed by atoms with Crippen LogP contribution in [0.3, 0.4) is 0 Å². The molecule has 0 aromatic carbocycles. The Morgan fingerprint density at radius 1 is 0.970 bits per heavy atom. The van der Waals surface area contributed by atoms with Gasteiger partial charge in [0.1, 0.15) is 6.61 Å². The molecule has 3 fully saturated rings. The van der Waals surface area contributed by atoms with E-state index in [1.54, 1.807) is 6.08 Å². The van der Waals surface area contributed by atoms with E-state index in [0.717, 1.165) is 77.4 Å². The Hall–Kier alpha value is -1.25. The average molecular weight is 467 g/mol. The van der Waals surface area contributed by atoms with Gasteiger partial charge in [-0.2, -0.15) is 0 Å². The molecule has 0 spiro atoms. The fourth-order valence-electron chi connectivity index (χ4n) is 5.01. The predicted molar refractivity (Wildman–Crippen MR) is 124 cm³/mol. The highest BCUT2D eigenvalue weighted by Crippen LogP contribution is 2.41. The molecular weight excluding hydrogens is 424 g/mol. The van der Waals surface area contributed by atoms with Gasteiger partial charge in [0.25, 0.3) is 0 Å². The SMILES string of the molecule is C=CCOC(=O)CCC/C=C\C[C@@H]1[C@@H](CO)[C@H](OC2CCCCO2)C[C@@H]1OC1CCCCO1. The Balaban J connectivity index is 1.52. The molecule has 0 radical (unpaired) electrons. The largest absolute Gasteiger partial charge is 0.461 e. The van der Waals surface area contributed by atoms with Gasteiger partial charge in [-0.1, -0.05) is 24.8 Å². The second kappa shape index (κ2) is 14.9. The Morgan fingerprint density at radius 2 is 1.64 bits per heavy atom. The van der Waals surface area contributed by atoms with Crippen molar-refractivity contribution in [2.75, 3.05) is 26.4 Å². The van der Waals surface area contributed by atoms with Crippen LogP contribution in [0.2, 0.25) is 0 Å². The number of hydrogen-bond acceptors (Lipinski definition) is 7. The van der Waals surface area contributed by atoms with Gasteiger partial charge in [0.15, 0.2) is 12.6 Å². The molecule has 33 heavy (non-hydrogen) atoms. The first kappa shape index (κ1) is 26.4. The summed E-state index contributed by atoms with van der Waals surface area (Å²) in [7, 11) is 0. The van der Waals surface area contributed by atoms with E-state index in [2.05, 4.69) is 18.7 Å². The number of unbranched alkanes of at least 4 members (excludes halogenated alkanes) is 1. The van der Waals surface area contributed by atoms with Crippen molar-refractivity contribution in [2.24, 2.45) is 11.8 Å². The molecule has 2 aliphatic heterocycles. The molecule has 1 saturated carbocycles. The van der Waals surface area contributed by atoms with Gasteiger partial charge in [0, 0.05) is 38.6 Å². The number of hydrogen-bond donors (Lipinski definition) is 1. The number of rotatable bonds is 13. The summed E-state index contributed by atoms with van der Waals surface area (Å²) in [6.07, 6.45) is 15.1. The normalized spacial score (nSPS) is 32.8. The molecule has 0 amide bonds. The van der Waals surface area contributed by atoms with Crippen molar-refractivity contribution in [1.82, 2.24) is 0 Å². The Kier molecular flexibility index (Phi) is 11.9. The number of allylic oxidation sites excluding steroid dienone is 2. The van der Waals surface area contributed by atoms with Crippen LogP contribution in [-0.4, -0.2) is 62.3 Å². The molecule has 2 unspecified atom stereocenters. The van der Waals surface area contributed by atoms with Gasteiger partial charge in [-0.25, -0.2) is 0 Å². The maximum Gasteiger partial charge on any atom is 0.306 e. The van der Waals surface area contributed by atoms with E-state index in [1.165, 1.54) is 0 Å². The first-order chi connectivity index (χ1) is 16.2. The van der Waals surface area contributed by atoms with Crippen molar-refractivity contribution in [2.45, 2.75) is 95.4 Å². The lowest BCUT2D eigenvalue weighted by Gasteiger charge is -2.30. The minimum absolute atomic E-state index is 0.00245. The predicted octanol–water partition coefficient (Wildman–Crippen LogP) is 4.28. The molecule has 1 aliphatic carbocycles. The van der Waals surface area contributed by atoms with Crippen LogP contribution in [0.1, 0.15) is 70.6 Å². The van der Waals surface area contributed by atoms with Crippen molar-refractivity contribution in [3.8, 4) is 0 Å². The monoisotopic (exact) mass is 466 g/mol. The van der Waals surface area contributed by atoms with Crippen molar-refractivity contribution < 1.29 is 33.6 Å². The quantitative estimate of drug-likeness (QED) is 0.246. The standard InChI is InChI=1S/C26H42O7/c1-2-15-29-24(28)12-6-4-3-5-11-20-21(19-27)23(33-26-14-8-10-17-31-26)18-22(20)32-25-13-7-9-16-30-25/h2-3,5,20-23,25-27H,1,4,6-19H2/b5-3-/t20-,21-,22+,23-,25?,26?/m1/s1. The summed E-state index contributed by atoms with van der Waals surface area (Å²) >= 11 is 0. The molecule has 0 aromatic heterocycles. The first-order valence-electron chi connectivity index (χ1n) is 12.8. The molecule has 6 atom stereocenters. The number of ether oxygens (including phenoxy) is 5. The zero-order chi connectivity index (χ0) is 23.3. The van der Waals surface area contributed by atoms with Crippen LogP contribution in [-0.2, 0) is 28.5 Å². The van der Waals surface area contributed by atoms with Gasteiger partial charge < -0.3 is 28.8 Å². The second-order valence-electron chi connectivity index (χ2n) is 9.26. The minimum atomic E-state index is -0.190. The smallest absolute Gasteiger partial charge is 0.306 e. The summed E-state index contributed by atoms with van der Waals surface area (Å²) in [6, 6.07) is 0. The lowest BCUT2D eigenvalue weighted by molar-refractivity contribution is -0.204. The van der Waals surface area contributed by atoms with E-state index < -0.39 is 0 Å². The molecule has 3 aliphatic rings. The van der Waals surface area contributed by atoms with Crippen LogP contribution in [0.25, 0.3) is 0 Å². The van der Waals surface area contributed by atoms with E-state index in [4.69, 9.17) is 23.7 Å². The van der Waals surface area contributed by atoms with Crippen molar-refractivity contribution in [3.05, 3.63) is 24.8 Å². The topological polar surface area (TPSA) is 83.5 Å². The number of carbonyl (C=O) groups excluding carboxylic acids is 1. The lowest BCUT2D eigenvalue weighted by atomic mass is 9.90. The lowest BCUT2D eigenvalue weighted by Crippen LogP contribution is -2.33. The number of aliphatic hydroxyl groups is 1. The molecular formula is C26H42O7. The molecule has 2 saturated heterocycles. The molecule has 1 N–H and O–H groups in total. The fraction of sp³-hybridized carbons (Fsp3) is 0.808. The van der Waals surface area contributed by atoms with Crippen LogP contribution < -0.4 is 0 Å². The zero-order valence-electron chi connectivity index (χ0n) is 19.9. The number of carbonyl (C=O) groups is 1. The van der Waals surface area contributed by atoms with Crippen molar-refractivity contribution >= 4 is 5.97 Å². The first-order valence-corrected chi connectivity index (χ1v) is 12.8. The molecule has 2 heterocycles. The Bertz CT molecular complexity index is 595. The van der Waals surface area contributed by atoms with Crippen molar-refractivity contribution in [3.63, 3.8) is 0 Å². The minimum Gasteiger partial charge on any atom is -0.461 e. The molecule has 188 valence electrons. The molecule has 7 nitrogen and oxygen atoms in total. The van der Waals surface area contributed by atoms with Crippen LogP contribution in [0.15, 0.2) is 24.8 Å². The Morgan fingerprint density at radius 3 is 2.21 bits per heavy atom. The zero-order valence-corrected chi connectivity index (χ0v) is 19.9. The summed E-state index contributed by atoms with van der Waals surface area (Å²) < 4.78 is 29.4. The van der Waals surface area contributed by atoms with Gasteiger partial charge in [0.2, 0.25) is 0 Å². The number of esters is 1. The van der Waals surface area contributed by atoms with Gasteiger partial charge in [-0.05, 0) is 63.7 Å². The third-order valence-corrected chi connectivity index (χ3v) is 6.80. The maximum atomic E-state index is 11.6. The summed E-state index contributed by atoms with van der Waals surface area (Å²) in [4.78, 5) is 11.6. The van der Waals surface area contributed by atoms with Crippen LogP contribution in [0.5, 0.6) is 0 Å². The van der Waals surface area contributed by atoms with E-state index in [9.17, 15) is 9.90 Å². The van der Waals surface area contributed by atoms with Crippen LogP contribution in [0.4, 0.5) is 0 Å². The van der Waals surface area contributed by atoms with E-state index >= 15 is 0 Å². The summed E-state index contributed by atoms with van der Waals surface area (Å²) in [5.41, 5.74) is 0. The fourth-order valence-corrected chi connectivity index (χ4v) is 5.01. The Labute approximate surface area is 198 Å². The van der Waals surface area contributed by atoms with Gasteiger partial charge in [0.05, 0.1) is 12.2 Å². The summed E-state index contributed by atoms with van der Waals surface area (Å²) in [5.74, 6) is -0.0316. The molecule has 3 rings (SSSR count). The van der Waals surface area contributed by atoms with Gasteiger partial charge >= 0.3 is 5.97 Å². The third-order valence-electron chi connectivity index (χ3n) is 6.80. The highest BCUT2D eigenvalue weighted by atomic mass is 16.7. The van der Waals surface area contributed by atoms with Crippen molar-refractivity contribution in [1.29, 1.82) is 0 Å². The molecule has 7 heteroatoms. The van der Waals surface area contributed by atoms with Gasteiger partial charge in [-0.15, -0.1) is 0 Å².